The van der Waals surface area contributed by atoms with Crippen LogP contribution >= 0.6 is 0 Å². The van der Waals surface area contributed by atoms with Crippen molar-refractivity contribution in [3.8, 4) is 11.5 Å². The Morgan fingerprint density at radius 2 is 1.77 bits per heavy atom. The van der Waals surface area contributed by atoms with E-state index in [1.165, 1.54) is 0 Å². The number of rotatable bonds is 1. The van der Waals surface area contributed by atoms with Gasteiger partial charge in [0.2, 0.25) is 0 Å². The van der Waals surface area contributed by atoms with Crippen LogP contribution in [-0.2, 0) is 10.1 Å². The van der Waals surface area contributed by atoms with Crippen molar-refractivity contribution in [2.75, 3.05) is 0 Å². The molecule has 0 saturated carbocycles. The molecule has 0 amide bonds. The standard InChI is InChI=1S/C6H6O5S.CH4/c7-4-1-2-5(8)6(3-4)12(9,10)11;/h1-3,7-8H,(H,9,10,11);1H4/p-1. The summed E-state index contributed by atoms with van der Waals surface area (Å²) in [7, 11) is -4.72. The Labute approximate surface area is 76.0 Å². The highest BCUT2D eigenvalue weighted by Crippen LogP contribution is 2.25. The molecule has 0 aliphatic carbocycles. The van der Waals surface area contributed by atoms with E-state index in [1.807, 2.05) is 0 Å². The van der Waals surface area contributed by atoms with Crippen molar-refractivity contribution in [2.45, 2.75) is 12.3 Å². The van der Waals surface area contributed by atoms with E-state index in [0.717, 1.165) is 12.1 Å². The number of phenolic OH excluding ortho intramolecular Hbond substituents is 2. The van der Waals surface area contributed by atoms with Crippen LogP contribution in [0.15, 0.2) is 23.1 Å². The van der Waals surface area contributed by atoms with Gasteiger partial charge in [0.05, 0.1) is 4.90 Å². The second kappa shape index (κ2) is 3.63. The van der Waals surface area contributed by atoms with E-state index in [0.29, 0.717) is 6.07 Å². The minimum atomic E-state index is -4.72. The van der Waals surface area contributed by atoms with Gasteiger partial charge in [0.15, 0.2) is 0 Å². The van der Waals surface area contributed by atoms with Gasteiger partial charge in [0.25, 0.3) is 0 Å². The quantitative estimate of drug-likeness (QED) is 0.517. The Morgan fingerprint density at radius 3 is 2.15 bits per heavy atom. The third-order valence-electron chi connectivity index (χ3n) is 1.21. The Morgan fingerprint density at radius 1 is 1.23 bits per heavy atom. The molecule has 0 heterocycles. The van der Waals surface area contributed by atoms with Gasteiger partial charge in [-0.15, -0.1) is 0 Å². The number of benzene rings is 1. The van der Waals surface area contributed by atoms with E-state index in [9.17, 15) is 13.0 Å². The van der Waals surface area contributed by atoms with Crippen molar-refractivity contribution in [3.05, 3.63) is 18.2 Å². The summed E-state index contributed by atoms with van der Waals surface area (Å²) < 4.78 is 31.1. The molecule has 0 spiro atoms. The van der Waals surface area contributed by atoms with Crippen LogP contribution in [0.5, 0.6) is 11.5 Å². The average molecular weight is 205 g/mol. The van der Waals surface area contributed by atoms with Crippen molar-refractivity contribution < 1.29 is 23.2 Å². The average Bonchev–Trinajstić information content (AvgIpc) is 1.92. The lowest BCUT2D eigenvalue weighted by atomic mass is 10.3. The van der Waals surface area contributed by atoms with E-state index in [2.05, 4.69) is 0 Å². The first-order valence-corrected chi connectivity index (χ1v) is 4.30. The number of aromatic hydroxyl groups is 2. The van der Waals surface area contributed by atoms with Crippen molar-refractivity contribution in [2.24, 2.45) is 0 Å². The highest BCUT2D eigenvalue weighted by Gasteiger charge is 2.08. The van der Waals surface area contributed by atoms with Crippen LogP contribution in [0, 0.1) is 0 Å². The summed E-state index contributed by atoms with van der Waals surface area (Å²) in [6, 6.07) is 2.70. The van der Waals surface area contributed by atoms with Crippen molar-refractivity contribution in [1.82, 2.24) is 0 Å². The predicted molar refractivity (Wildman–Crippen MR) is 44.5 cm³/mol. The maximum atomic E-state index is 10.4. The Balaban J connectivity index is 0.00000144. The molecule has 2 N–H and O–H groups in total. The van der Waals surface area contributed by atoms with E-state index >= 15 is 0 Å². The molecule has 0 aromatic heterocycles. The molecule has 1 rings (SSSR count). The Bertz CT molecular complexity index is 395. The molecule has 0 bridgehead atoms. The lowest BCUT2D eigenvalue weighted by Gasteiger charge is -2.08. The molecule has 74 valence electrons. The molecule has 6 heteroatoms. The van der Waals surface area contributed by atoms with Gasteiger partial charge in [-0.3, -0.25) is 0 Å². The highest BCUT2D eigenvalue weighted by atomic mass is 32.2. The zero-order valence-electron chi connectivity index (χ0n) is 5.76. The Hall–Kier alpha value is -1.27. The fraction of sp³-hybridized carbons (Fsp3) is 0.143. The molecule has 0 saturated heterocycles. The fourth-order valence-electron chi connectivity index (χ4n) is 0.703. The number of hydrogen-bond donors (Lipinski definition) is 2. The summed E-state index contributed by atoms with van der Waals surface area (Å²) in [5.41, 5.74) is 0. The zero-order chi connectivity index (χ0) is 9.35. The molecule has 0 aliphatic heterocycles. The van der Waals surface area contributed by atoms with Crippen LogP contribution in [0.2, 0.25) is 0 Å². The van der Waals surface area contributed by atoms with Crippen LogP contribution in [0.1, 0.15) is 7.43 Å². The van der Waals surface area contributed by atoms with E-state index < -0.39 is 20.8 Å². The summed E-state index contributed by atoms with van der Waals surface area (Å²) in [4.78, 5) is -0.817. The normalized spacial score (nSPS) is 10.5. The summed E-state index contributed by atoms with van der Waals surface area (Å²) in [5.74, 6) is -1.05. The summed E-state index contributed by atoms with van der Waals surface area (Å²) in [6.45, 7) is 0. The lowest BCUT2D eigenvalue weighted by Crippen LogP contribution is -1.98. The van der Waals surface area contributed by atoms with Crippen molar-refractivity contribution >= 4 is 10.1 Å². The van der Waals surface area contributed by atoms with E-state index in [-0.39, 0.29) is 13.2 Å². The van der Waals surface area contributed by atoms with Crippen molar-refractivity contribution in [3.63, 3.8) is 0 Å². The van der Waals surface area contributed by atoms with Gasteiger partial charge < -0.3 is 14.8 Å². The zero-order valence-corrected chi connectivity index (χ0v) is 6.58. The monoisotopic (exact) mass is 205 g/mol. The molecular weight excluding hydrogens is 196 g/mol. The Kier molecular flexibility index (Phi) is 3.27. The smallest absolute Gasteiger partial charge is 0.133 e. The third-order valence-corrected chi connectivity index (χ3v) is 2.08. The van der Waals surface area contributed by atoms with Crippen LogP contribution in [0.3, 0.4) is 0 Å². The fourth-order valence-corrected chi connectivity index (χ4v) is 1.29. The topological polar surface area (TPSA) is 97.7 Å². The molecule has 1 aromatic carbocycles. The summed E-state index contributed by atoms with van der Waals surface area (Å²) >= 11 is 0. The van der Waals surface area contributed by atoms with Gasteiger partial charge in [-0.25, -0.2) is 8.42 Å². The van der Waals surface area contributed by atoms with Gasteiger partial charge in [-0.05, 0) is 12.1 Å². The minimum Gasteiger partial charge on any atom is -0.744 e. The van der Waals surface area contributed by atoms with Crippen LogP contribution < -0.4 is 0 Å². The molecule has 0 atom stereocenters. The lowest BCUT2D eigenvalue weighted by molar-refractivity contribution is 0.427. The molecular formula is C7H9O5S-. The number of hydrogen-bond acceptors (Lipinski definition) is 5. The van der Waals surface area contributed by atoms with Gasteiger partial charge in [-0.2, -0.15) is 0 Å². The van der Waals surface area contributed by atoms with Crippen LogP contribution in [0.25, 0.3) is 0 Å². The first-order chi connectivity index (χ1) is 5.41. The first kappa shape index (κ1) is 11.7. The largest absolute Gasteiger partial charge is 0.744 e. The highest BCUT2D eigenvalue weighted by molar-refractivity contribution is 7.85. The molecule has 1 aromatic rings. The SMILES string of the molecule is C.O=S(=O)([O-])c1cc(O)ccc1O. The molecule has 0 radical (unpaired) electrons. The molecule has 13 heavy (non-hydrogen) atoms. The summed E-state index contributed by atoms with van der Waals surface area (Å²) in [6.07, 6.45) is 0. The van der Waals surface area contributed by atoms with Gasteiger partial charge >= 0.3 is 0 Å². The minimum absolute atomic E-state index is 0. The number of phenols is 2. The maximum Gasteiger partial charge on any atom is 0.133 e. The van der Waals surface area contributed by atoms with Gasteiger partial charge in [0, 0.05) is 6.07 Å². The molecule has 5 nitrogen and oxygen atoms in total. The predicted octanol–water partition coefficient (Wildman–Crippen LogP) is 0.638. The second-order valence-electron chi connectivity index (χ2n) is 2.11. The van der Waals surface area contributed by atoms with Gasteiger partial charge in [-0.1, -0.05) is 7.43 Å². The van der Waals surface area contributed by atoms with E-state index in [4.69, 9.17) is 10.2 Å². The third kappa shape index (κ3) is 2.60. The molecule has 0 fully saturated rings. The molecule has 0 aliphatic rings. The summed E-state index contributed by atoms with van der Waals surface area (Å²) in [5, 5.41) is 17.7. The second-order valence-corrected chi connectivity index (χ2v) is 3.45. The first-order valence-electron chi connectivity index (χ1n) is 2.89. The molecule has 0 unspecified atom stereocenters. The maximum absolute atomic E-state index is 10.4. The van der Waals surface area contributed by atoms with Crippen LogP contribution in [-0.4, -0.2) is 23.2 Å². The van der Waals surface area contributed by atoms with Crippen molar-refractivity contribution in [1.29, 1.82) is 0 Å². The van der Waals surface area contributed by atoms with Crippen LogP contribution in [0.4, 0.5) is 0 Å². The van der Waals surface area contributed by atoms with Gasteiger partial charge in [0.1, 0.15) is 21.6 Å². The van der Waals surface area contributed by atoms with E-state index in [1.54, 1.807) is 0 Å².